The van der Waals surface area contributed by atoms with Gasteiger partial charge < -0.3 is 9.84 Å². The Labute approximate surface area is 230 Å². The molecule has 2 saturated heterocycles. The molecule has 38 heavy (non-hydrogen) atoms. The highest BCUT2D eigenvalue weighted by Crippen LogP contribution is 2.60. The first-order valence-electron chi connectivity index (χ1n) is 14.0. The fourth-order valence-corrected chi connectivity index (χ4v) is 6.10. The molecule has 1 N–H and O–H groups in total. The van der Waals surface area contributed by atoms with Gasteiger partial charge in [-0.25, -0.2) is 0 Å². The van der Waals surface area contributed by atoms with Crippen molar-refractivity contribution in [1.29, 1.82) is 0 Å². The molecule has 0 aliphatic carbocycles. The standard InChI is InChI=1S/C32H50N2O4/c1-22(21-30(5,6)32(9,10)31(7,8)29(2,3)4)19-24-20-26(36)34(27(24)37)16-15-33-17-18-38-28(33)23-11-13-25(35)14-12-23/h11-14,24,28,35H,1,15-21H2,2-10H3. The number of allylic oxidation sites excluding steroid dienone is 1. The van der Waals surface area contributed by atoms with Crippen molar-refractivity contribution in [2.75, 3.05) is 26.2 Å². The first-order valence-corrected chi connectivity index (χ1v) is 14.0. The van der Waals surface area contributed by atoms with Crippen LogP contribution in [0.2, 0.25) is 0 Å². The normalized spacial score (nSPS) is 22.0. The van der Waals surface area contributed by atoms with Gasteiger partial charge in [-0.2, -0.15) is 0 Å². The molecule has 2 fully saturated rings. The second-order valence-electron chi connectivity index (χ2n) is 14.2. The van der Waals surface area contributed by atoms with Gasteiger partial charge in [0, 0.05) is 26.1 Å². The Balaban J connectivity index is 1.60. The molecule has 2 unspecified atom stereocenters. The number of rotatable bonds is 10. The quantitative estimate of drug-likeness (QED) is 0.276. The van der Waals surface area contributed by atoms with Gasteiger partial charge in [-0.05, 0) is 52.2 Å². The van der Waals surface area contributed by atoms with E-state index in [1.165, 1.54) is 4.90 Å². The summed E-state index contributed by atoms with van der Waals surface area (Å²) >= 11 is 0. The monoisotopic (exact) mass is 526 g/mol. The van der Waals surface area contributed by atoms with Crippen LogP contribution in [0.4, 0.5) is 0 Å². The van der Waals surface area contributed by atoms with E-state index in [9.17, 15) is 14.7 Å². The number of nitrogens with zero attached hydrogens (tertiary/aromatic N) is 2. The van der Waals surface area contributed by atoms with Gasteiger partial charge in [0.2, 0.25) is 11.8 Å². The number of carbonyl (C=O) groups is 2. The van der Waals surface area contributed by atoms with Crippen molar-refractivity contribution < 1.29 is 19.4 Å². The number of hydrogen-bond acceptors (Lipinski definition) is 5. The van der Waals surface area contributed by atoms with Crippen LogP contribution in [0.3, 0.4) is 0 Å². The molecule has 0 spiro atoms. The van der Waals surface area contributed by atoms with Crippen LogP contribution in [-0.2, 0) is 14.3 Å². The third-order valence-corrected chi connectivity index (χ3v) is 10.5. The number of ether oxygens (including phenoxy) is 1. The van der Waals surface area contributed by atoms with Crippen LogP contribution in [0.15, 0.2) is 36.4 Å². The molecule has 3 rings (SSSR count). The van der Waals surface area contributed by atoms with Gasteiger partial charge in [0.05, 0.1) is 12.5 Å². The average molecular weight is 527 g/mol. The van der Waals surface area contributed by atoms with E-state index in [1.54, 1.807) is 12.1 Å². The topological polar surface area (TPSA) is 70.1 Å². The van der Waals surface area contributed by atoms with Crippen molar-refractivity contribution in [2.45, 2.75) is 87.8 Å². The van der Waals surface area contributed by atoms with Crippen molar-refractivity contribution in [3.63, 3.8) is 0 Å². The number of likely N-dealkylation sites (tertiary alicyclic amines) is 1. The lowest BCUT2D eigenvalue weighted by Crippen LogP contribution is -2.51. The summed E-state index contributed by atoms with van der Waals surface area (Å²) < 4.78 is 5.90. The Morgan fingerprint density at radius 2 is 1.58 bits per heavy atom. The van der Waals surface area contributed by atoms with E-state index in [0.29, 0.717) is 26.1 Å². The van der Waals surface area contributed by atoms with Crippen LogP contribution in [0.25, 0.3) is 0 Å². The number of imide groups is 1. The number of carbonyl (C=O) groups excluding carboxylic acids is 2. The van der Waals surface area contributed by atoms with Crippen molar-refractivity contribution in [3.05, 3.63) is 42.0 Å². The van der Waals surface area contributed by atoms with Crippen LogP contribution in [0.1, 0.15) is 93.4 Å². The molecule has 0 bridgehead atoms. The van der Waals surface area contributed by atoms with Crippen molar-refractivity contribution in [1.82, 2.24) is 9.80 Å². The molecule has 2 atom stereocenters. The number of benzene rings is 1. The summed E-state index contributed by atoms with van der Waals surface area (Å²) in [7, 11) is 0. The molecule has 6 heteroatoms. The fraction of sp³-hybridized carbons (Fsp3) is 0.688. The van der Waals surface area contributed by atoms with Crippen molar-refractivity contribution >= 4 is 11.8 Å². The van der Waals surface area contributed by atoms with Gasteiger partial charge >= 0.3 is 0 Å². The van der Waals surface area contributed by atoms with E-state index >= 15 is 0 Å². The molecule has 2 aliphatic heterocycles. The van der Waals surface area contributed by atoms with Crippen LogP contribution in [0, 0.1) is 27.6 Å². The minimum absolute atomic E-state index is 0.00850. The minimum atomic E-state index is -0.327. The first kappa shape index (κ1) is 30.4. The van der Waals surface area contributed by atoms with Gasteiger partial charge in [-0.3, -0.25) is 19.4 Å². The van der Waals surface area contributed by atoms with Crippen molar-refractivity contribution in [2.24, 2.45) is 27.6 Å². The Morgan fingerprint density at radius 1 is 0.974 bits per heavy atom. The minimum Gasteiger partial charge on any atom is -0.508 e. The predicted octanol–water partition coefficient (Wildman–Crippen LogP) is 6.56. The van der Waals surface area contributed by atoms with E-state index in [1.807, 2.05) is 12.1 Å². The van der Waals surface area contributed by atoms with E-state index in [0.717, 1.165) is 24.1 Å². The van der Waals surface area contributed by atoms with Gasteiger partial charge in [-0.1, -0.05) is 86.6 Å². The van der Waals surface area contributed by atoms with E-state index in [4.69, 9.17) is 4.74 Å². The van der Waals surface area contributed by atoms with Crippen LogP contribution >= 0.6 is 0 Å². The van der Waals surface area contributed by atoms with E-state index in [-0.39, 0.29) is 57.8 Å². The van der Waals surface area contributed by atoms with Crippen LogP contribution in [0.5, 0.6) is 5.75 Å². The summed E-state index contributed by atoms with van der Waals surface area (Å²) in [5.74, 6) is -0.289. The highest BCUT2D eigenvalue weighted by atomic mass is 16.5. The number of phenolic OH excluding ortho intramolecular Hbond substituents is 1. The third-order valence-electron chi connectivity index (χ3n) is 10.5. The van der Waals surface area contributed by atoms with Crippen LogP contribution < -0.4 is 0 Å². The SMILES string of the molecule is C=C(CC1CC(=O)N(CCN2CCOC2c2ccc(O)cc2)C1=O)CC(C)(C)C(C)(C)C(C)(C)C(C)(C)C. The zero-order valence-corrected chi connectivity index (χ0v) is 25.2. The average Bonchev–Trinajstić information content (AvgIpc) is 3.35. The molecule has 2 amide bonds. The maximum atomic E-state index is 13.3. The maximum Gasteiger partial charge on any atom is 0.233 e. The summed E-state index contributed by atoms with van der Waals surface area (Å²) in [5, 5.41) is 9.59. The molecule has 1 aromatic carbocycles. The lowest BCUT2D eigenvalue weighted by Gasteiger charge is -2.58. The molecule has 2 heterocycles. The molecule has 0 aromatic heterocycles. The molecule has 6 nitrogen and oxygen atoms in total. The fourth-order valence-electron chi connectivity index (χ4n) is 6.10. The van der Waals surface area contributed by atoms with Gasteiger partial charge in [0.1, 0.15) is 12.0 Å². The Kier molecular flexibility index (Phi) is 8.60. The van der Waals surface area contributed by atoms with E-state index < -0.39 is 0 Å². The van der Waals surface area contributed by atoms with E-state index in [2.05, 4.69) is 73.8 Å². The van der Waals surface area contributed by atoms with Gasteiger partial charge in [0.15, 0.2) is 0 Å². The first-order chi connectivity index (χ1) is 17.4. The summed E-state index contributed by atoms with van der Waals surface area (Å²) in [6.45, 7) is 27.6. The highest BCUT2D eigenvalue weighted by molar-refractivity contribution is 6.03. The van der Waals surface area contributed by atoms with Crippen LogP contribution in [-0.4, -0.2) is 53.0 Å². The van der Waals surface area contributed by atoms with Gasteiger partial charge in [0.25, 0.3) is 0 Å². The Bertz CT molecular complexity index is 1030. The number of phenols is 1. The second-order valence-corrected chi connectivity index (χ2v) is 14.2. The Hall–Kier alpha value is -2.18. The molecular formula is C32H50N2O4. The zero-order valence-electron chi connectivity index (χ0n) is 25.2. The van der Waals surface area contributed by atoms with Gasteiger partial charge in [-0.15, -0.1) is 0 Å². The predicted molar refractivity (Wildman–Crippen MR) is 152 cm³/mol. The smallest absolute Gasteiger partial charge is 0.233 e. The molecule has 0 saturated carbocycles. The summed E-state index contributed by atoms with van der Waals surface area (Å²) in [6.07, 6.45) is 1.39. The highest BCUT2D eigenvalue weighted by Gasteiger charge is 2.53. The second kappa shape index (κ2) is 10.8. The number of amides is 2. The molecular weight excluding hydrogens is 476 g/mol. The summed E-state index contributed by atoms with van der Waals surface area (Å²) in [6, 6.07) is 6.98. The molecule has 212 valence electrons. The molecule has 1 aromatic rings. The lowest BCUT2D eigenvalue weighted by atomic mass is 9.47. The number of hydrogen-bond donors (Lipinski definition) is 1. The summed E-state index contributed by atoms with van der Waals surface area (Å²) in [5.41, 5.74) is 2.16. The third kappa shape index (κ3) is 5.86. The Morgan fingerprint density at radius 3 is 2.16 bits per heavy atom. The summed E-state index contributed by atoms with van der Waals surface area (Å²) in [4.78, 5) is 29.7. The number of aromatic hydroxyl groups is 1. The largest absolute Gasteiger partial charge is 0.508 e. The maximum absolute atomic E-state index is 13.3. The lowest BCUT2D eigenvalue weighted by molar-refractivity contribution is -0.139. The zero-order chi connectivity index (χ0) is 28.7. The molecule has 0 radical (unpaired) electrons. The molecule has 2 aliphatic rings. The van der Waals surface area contributed by atoms with Crippen molar-refractivity contribution in [3.8, 4) is 5.75 Å².